The van der Waals surface area contributed by atoms with Gasteiger partial charge in [-0.1, -0.05) is 6.42 Å². The van der Waals surface area contributed by atoms with Gasteiger partial charge < -0.3 is 16.2 Å². The Morgan fingerprint density at radius 1 is 1.52 bits per heavy atom. The highest BCUT2D eigenvalue weighted by atomic mass is 32.2. The van der Waals surface area contributed by atoms with E-state index in [2.05, 4.69) is 15.3 Å². The van der Waals surface area contributed by atoms with Gasteiger partial charge in [-0.15, -0.1) is 0 Å². The molecule has 8 nitrogen and oxygen atoms in total. The van der Waals surface area contributed by atoms with Gasteiger partial charge in [0.2, 0.25) is 15.0 Å². The Hall–Kier alpha value is -1.74. The molecule has 1 fully saturated rings. The third kappa shape index (κ3) is 3.48. The van der Waals surface area contributed by atoms with Crippen molar-refractivity contribution in [3.8, 4) is 0 Å². The van der Waals surface area contributed by atoms with Crippen LogP contribution < -0.4 is 11.1 Å². The summed E-state index contributed by atoms with van der Waals surface area (Å²) in [6.45, 7) is 0.0214. The van der Waals surface area contributed by atoms with Crippen LogP contribution in [0.1, 0.15) is 29.6 Å². The number of primary amides is 1. The van der Waals surface area contributed by atoms with Crippen LogP contribution >= 0.6 is 0 Å². The number of aromatic nitrogens is 2. The molecule has 0 bridgehead atoms. The molecule has 1 aromatic heterocycles. The van der Waals surface area contributed by atoms with Crippen LogP contribution in [-0.4, -0.2) is 48.3 Å². The quantitative estimate of drug-likeness (QED) is 0.626. The standard InChI is InChI=1S/C12H18N4O4S/c1-21(19,20)12-14-5-8(10(13)18)11(16-12)15-9-4-2-3-7(9)6-17/h5,7,9,17H,2-4,6H2,1H3,(H2,13,18)(H,14,15,16)/t7-,9-/m1/s1. The van der Waals surface area contributed by atoms with E-state index in [9.17, 15) is 18.3 Å². The lowest BCUT2D eigenvalue weighted by Crippen LogP contribution is -2.29. The van der Waals surface area contributed by atoms with Crippen molar-refractivity contribution in [2.75, 3.05) is 18.2 Å². The van der Waals surface area contributed by atoms with Crippen LogP contribution in [0.15, 0.2) is 11.4 Å². The number of carbonyl (C=O) groups is 1. The van der Waals surface area contributed by atoms with Gasteiger partial charge in [0.25, 0.3) is 5.91 Å². The highest BCUT2D eigenvalue weighted by Gasteiger charge is 2.28. The Morgan fingerprint density at radius 3 is 2.81 bits per heavy atom. The first-order valence-corrected chi connectivity index (χ1v) is 8.46. The molecule has 1 aromatic rings. The van der Waals surface area contributed by atoms with Crippen molar-refractivity contribution in [2.45, 2.75) is 30.5 Å². The molecule has 4 N–H and O–H groups in total. The van der Waals surface area contributed by atoms with E-state index in [1.54, 1.807) is 0 Å². The molecule has 1 amide bonds. The van der Waals surface area contributed by atoms with Gasteiger partial charge in [-0.05, 0) is 12.8 Å². The van der Waals surface area contributed by atoms with Crippen LogP contribution in [0.4, 0.5) is 5.82 Å². The maximum absolute atomic E-state index is 11.5. The van der Waals surface area contributed by atoms with E-state index in [4.69, 9.17) is 5.73 Å². The summed E-state index contributed by atoms with van der Waals surface area (Å²) in [6, 6.07) is -0.0737. The SMILES string of the molecule is CS(=O)(=O)c1ncc(C(N)=O)c(N[C@@H]2CCC[C@@H]2CO)n1. The molecule has 0 radical (unpaired) electrons. The van der Waals surface area contributed by atoms with Crippen LogP contribution in [0, 0.1) is 5.92 Å². The number of aliphatic hydroxyl groups is 1. The van der Waals surface area contributed by atoms with Crippen molar-refractivity contribution in [3.05, 3.63) is 11.8 Å². The number of aliphatic hydroxyl groups excluding tert-OH is 1. The maximum atomic E-state index is 11.5. The van der Waals surface area contributed by atoms with Crippen molar-refractivity contribution in [3.63, 3.8) is 0 Å². The van der Waals surface area contributed by atoms with Crippen LogP contribution in [-0.2, 0) is 9.84 Å². The number of nitrogens with two attached hydrogens (primary N) is 1. The molecule has 2 rings (SSSR count). The second kappa shape index (κ2) is 5.94. The smallest absolute Gasteiger partial charge is 0.254 e. The summed E-state index contributed by atoms with van der Waals surface area (Å²) < 4.78 is 23.0. The Bertz CT molecular complexity index is 647. The van der Waals surface area contributed by atoms with Crippen molar-refractivity contribution in [2.24, 2.45) is 11.7 Å². The van der Waals surface area contributed by atoms with Crippen LogP contribution in [0.25, 0.3) is 0 Å². The molecular formula is C12H18N4O4S. The summed E-state index contributed by atoms with van der Waals surface area (Å²) in [4.78, 5) is 19.0. The summed E-state index contributed by atoms with van der Waals surface area (Å²) in [5.74, 6) is -0.596. The van der Waals surface area contributed by atoms with Gasteiger partial charge in [-0.3, -0.25) is 4.79 Å². The van der Waals surface area contributed by atoms with Crippen molar-refractivity contribution in [1.29, 1.82) is 0 Å². The summed E-state index contributed by atoms with van der Waals surface area (Å²) >= 11 is 0. The zero-order chi connectivity index (χ0) is 15.6. The van der Waals surface area contributed by atoms with E-state index in [1.807, 2.05) is 0 Å². The zero-order valence-corrected chi connectivity index (χ0v) is 12.4. The topological polar surface area (TPSA) is 135 Å². The molecule has 116 valence electrons. The predicted molar refractivity (Wildman–Crippen MR) is 75.5 cm³/mol. The molecule has 21 heavy (non-hydrogen) atoms. The highest BCUT2D eigenvalue weighted by Crippen LogP contribution is 2.28. The third-order valence-corrected chi connectivity index (χ3v) is 4.44. The Labute approximate surface area is 122 Å². The normalized spacial score (nSPS) is 22.2. The van der Waals surface area contributed by atoms with E-state index in [-0.39, 0.29) is 35.1 Å². The number of rotatable bonds is 5. The molecule has 1 saturated carbocycles. The average molecular weight is 314 g/mol. The Balaban J connectivity index is 2.37. The lowest BCUT2D eigenvalue weighted by molar-refractivity contribution is 0.1000. The summed E-state index contributed by atoms with van der Waals surface area (Å²) in [5, 5.41) is 12.0. The minimum atomic E-state index is -3.58. The van der Waals surface area contributed by atoms with Gasteiger partial charge in [0.05, 0.1) is 5.56 Å². The summed E-state index contributed by atoms with van der Waals surface area (Å²) in [5.41, 5.74) is 5.29. The second-order valence-corrected chi connectivity index (χ2v) is 7.09. The number of anilines is 1. The minimum absolute atomic E-state index is 0.0214. The molecular weight excluding hydrogens is 296 g/mol. The van der Waals surface area contributed by atoms with E-state index >= 15 is 0 Å². The first-order valence-electron chi connectivity index (χ1n) is 6.57. The maximum Gasteiger partial charge on any atom is 0.254 e. The molecule has 0 saturated heterocycles. The lowest BCUT2D eigenvalue weighted by atomic mass is 10.0. The number of nitrogens with one attached hydrogen (secondary N) is 1. The fourth-order valence-electron chi connectivity index (χ4n) is 2.46. The van der Waals surface area contributed by atoms with E-state index in [0.717, 1.165) is 31.7 Å². The number of hydrogen-bond donors (Lipinski definition) is 3. The summed E-state index contributed by atoms with van der Waals surface area (Å²) in [6.07, 6.45) is 4.71. The van der Waals surface area contributed by atoms with Crippen molar-refractivity contribution >= 4 is 21.6 Å². The molecule has 2 atom stereocenters. The van der Waals surface area contributed by atoms with Gasteiger partial charge in [-0.25, -0.2) is 18.4 Å². The van der Waals surface area contributed by atoms with E-state index in [1.165, 1.54) is 0 Å². The Kier molecular flexibility index (Phi) is 4.43. The summed E-state index contributed by atoms with van der Waals surface area (Å²) in [7, 11) is -3.58. The molecule has 0 unspecified atom stereocenters. The fourth-order valence-corrected chi connectivity index (χ4v) is 2.96. The predicted octanol–water partition coefficient (Wildman–Crippen LogP) is -0.448. The van der Waals surface area contributed by atoms with Crippen molar-refractivity contribution < 1.29 is 18.3 Å². The van der Waals surface area contributed by atoms with Gasteiger partial charge >= 0.3 is 0 Å². The monoisotopic (exact) mass is 314 g/mol. The largest absolute Gasteiger partial charge is 0.396 e. The Morgan fingerprint density at radius 2 is 2.24 bits per heavy atom. The number of hydrogen-bond acceptors (Lipinski definition) is 7. The fraction of sp³-hybridized carbons (Fsp3) is 0.583. The van der Waals surface area contributed by atoms with Crippen molar-refractivity contribution in [1.82, 2.24) is 9.97 Å². The van der Waals surface area contributed by atoms with E-state index in [0.29, 0.717) is 0 Å². The van der Waals surface area contributed by atoms with Gasteiger partial charge in [0.1, 0.15) is 5.82 Å². The van der Waals surface area contributed by atoms with Crippen LogP contribution in [0.3, 0.4) is 0 Å². The second-order valence-electron chi connectivity index (χ2n) is 5.18. The highest BCUT2D eigenvalue weighted by molar-refractivity contribution is 7.90. The minimum Gasteiger partial charge on any atom is -0.396 e. The lowest BCUT2D eigenvalue weighted by Gasteiger charge is -2.20. The first-order chi connectivity index (χ1) is 9.82. The molecule has 0 aliphatic heterocycles. The zero-order valence-electron chi connectivity index (χ0n) is 11.6. The number of nitrogens with zero attached hydrogens (tertiary/aromatic N) is 2. The molecule has 1 aliphatic rings. The number of carbonyl (C=O) groups excluding carboxylic acids is 1. The first kappa shape index (κ1) is 15.6. The van der Waals surface area contributed by atoms with Gasteiger partial charge in [-0.2, -0.15) is 0 Å². The third-order valence-electron chi connectivity index (χ3n) is 3.58. The molecule has 1 aliphatic carbocycles. The van der Waals surface area contributed by atoms with Crippen LogP contribution in [0.2, 0.25) is 0 Å². The van der Waals surface area contributed by atoms with Crippen LogP contribution in [0.5, 0.6) is 0 Å². The number of sulfone groups is 1. The number of amides is 1. The average Bonchev–Trinajstić information content (AvgIpc) is 2.84. The molecule has 0 spiro atoms. The van der Waals surface area contributed by atoms with Gasteiger partial charge in [0, 0.05) is 31.0 Å². The molecule has 0 aromatic carbocycles. The molecule has 1 heterocycles. The van der Waals surface area contributed by atoms with E-state index < -0.39 is 15.7 Å². The van der Waals surface area contributed by atoms with Gasteiger partial charge in [0.15, 0.2) is 0 Å². The molecule has 9 heteroatoms.